The Morgan fingerprint density at radius 3 is 2.53 bits per heavy atom. The summed E-state index contributed by atoms with van der Waals surface area (Å²) in [5.74, 6) is 0.0724. The molecule has 0 saturated heterocycles. The Morgan fingerprint density at radius 2 is 2.07 bits per heavy atom. The summed E-state index contributed by atoms with van der Waals surface area (Å²) >= 11 is 3.29. The predicted octanol–water partition coefficient (Wildman–Crippen LogP) is 2.87. The summed E-state index contributed by atoms with van der Waals surface area (Å²) in [6, 6.07) is 2.95. The topological polar surface area (TPSA) is 29.5 Å². The van der Waals surface area contributed by atoms with Crippen LogP contribution in [0, 0.1) is 5.82 Å². The smallest absolute Gasteiger partial charge is 0.139 e. The fraction of sp³-hybridized carbons (Fsp3) is 0.455. The lowest BCUT2D eigenvalue weighted by molar-refractivity contribution is 0.210. The van der Waals surface area contributed by atoms with Crippen LogP contribution < -0.4 is 4.74 Å². The zero-order valence-electron chi connectivity index (χ0n) is 8.97. The van der Waals surface area contributed by atoms with E-state index in [-0.39, 0.29) is 12.4 Å². The summed E-state index contributed by atoms with van der Waals surface area (Å²) < 4.78 is 19.5. The van der Waals surface area contributed by atoms with Crippen LogP contribution in [-0.2, 0) is 5.41 Å². The monoisotopic (exact) mass is 276 g/mol. The first-order valence-electron chi connectivity index (χ1n) is 4.57. The van der Waals surface area contributed by atoms with Gasteiger partial charge in [-0.1, -0.05) is 13.8 Å². The molecule has 4 heteroatoms. The highest BCUT2D eigenvalue weighted by Gasteiger charge is 2.28. The molecule has 15 heavy (non-hydrogen) atoms. The zero-order valence-corrected chi connectivity index (χ0v) is 10.6. The number of methoxy groups -OCH3 is 1. The van der Waals surface area contributed by atoms with Crippen LogP contribution in [0.1, 0.15) is 19.4 Å². The van der Waals surface area contributed by atoms with E-state index in [0.717, 1.165) is 0 Å². The molecule has 84 valence electrons. The largest absolute Gasteiger partial charge is 0.495 e. The molecule has 1 aromatic rings. The normalized spacial score (nSPS) is 11.6. The number of aliphatic hydroxyl groups is 1. The molecule has 0 aromatic heterocycles. The Morgan fingerprint density at radius 1 is 1.47 bits per heavy atom. The van der Waals surface area contributed by atoms with Crippen molar-refractivity contribution in [3.8, 4) is 5.75 Å². The van der Waals surface area contributed by atoms with Crippen molar-refractivity contribution >= 4 is 15.9 Å². The number of hydrogen-bond donors (Lipinski definition) is 1. The summed E-state index contributed by atoms with van der Waals surface area (Å²) in [7, 11) is 1.48. The number of halogens is 2. The number of ether oxygens (including phenoxy) is 1. The molecular weight excluding hydrogens is 263 g/mol. The summed E-state index contributed by atoms with van der Waals surface area (Å²) in [5, 5.41) is 9.25. The van der Waals surface area contributed by atoms with E-state index in [1.165, 1.54) is 13.2 Å². The van der Waals surface area contributed by atoms with E-state index in [2.05, 4.69) is 15.9 Å². The molecule has 0 atom stereocenters. The first kappa shape index (κ1) is 12.5. The number of rotatable bonds is 3. The molecule has 0 spiro atoms. The van der Waals surface area contributed by atoms with Crippen molar-refractivity contribution < 1.29 is 14.2 Å². The van der Waals surface area contributed by atoms with Gasteiger partial charge in [-0.25, -0.2) is 4.39 Å². The minimum absolute atomic E-state index is 0.142. The number of aliphatic hydroxyl groups excluding tert-OH is 1. The molecular formula is C11H14BrFO2. The average molecular weight is 277 g/mol. The van der Waals surface area contributed by atoms with Crippen LogP contribution in [0.25, 0.3) is 0 Å². The second-order valence-corrected chi connectivity index (χ2v) is 4.83. The van der Waals surface area contributed by atoms with Gasteiger partial charge in [0, 0.05) is 11.0 Å². The number of hydrogen-bond acceptors (Lipinski definition) is 2. The maximum atomic E-state index is 13.7. The van der Waals surface area contributed by atoms with E-state index in [1.807, 2.05) is 0 Å². The van der Waals surface area contributed by atoms with Gasteiger partial charge in [0.05, 0.1) is 18.2 Å². The third-order valence-corrected chi connectivity index (χ3v) is 2.96. The molecule has 2 nitrogen and oxygen atoms in total. The molecule has 0 unspecified atom stereocenters. The molecule has 1 N–H and O–H groups in total. The third kappa shape index (κ3) is 2.32. The van der Waals surface area contributed by atoms with E-state index >= 15 is 0 Å². The van der Waals surface area contributed by atoms with Gasteiger partial charge in [0.25, 0.3) is 0 Å². The minimum atomic E-state index is -0.667. The van der Waals surface area contributed by atoms with Crippen molar-refractivity contribution in [2.45, 2.75) is 19.3 Å². The Bertz CT molecular complexity index is 364. The van der Waals surface area contributed by atoms with Gasteiger partial charge < -0.3 is 9.84 Å². The molecule has 1 rings (SSSR count). The van der Waals surface area contributed by atoms with Gasteiger partial charge >= 0.3 is 0 Å². The van der Waals surface area contributed by atoms with Crippen LogP contribution in [-0.4, -0.2) is 18.8 Å². The molecule has 0 radical (unpaired) electrons. The summed E-state index contributed by atoms with van der Waals surface area (Å²) in [6.45, 7) is 3.39. The zero-order chi connectivity index (χ0) is 11.6. The van der Waals surface area contributed by atoms with Crippen LogP contribution in [0.4, 0.5) is 4.39 Å². The lowest BCUT2D eigenvalue weighted by Crippen LogP contribution is -2.24. The highest BCUT2D eigenvalue weighted by atomic mass is 79.9. The standard InChI is InChI=1S/C11H14BrFO2/c1-11(2,6-14)9-8(13)5-4-7(12)10(9)15-3/h4-5,14H,6H2,1-3H3. The van der Waals surface area contributed by atoms with E-state index in [1.54, 1.807) is 19.9 Å². The highest BCUT2D eigenvalue weighted by molar-refractivity contribution is 9.10. The van der Waals surface area contributed by atoms with Crippen molar-refractivity contribution in [2.75, 3.05) is 13.7 Å². The molecule has 0 bridgehead atoms. The first-order chi connectivity index (χ1) is 6.94. The maximum absolute atomic E-state index is 13.7. The summed E-state index contributed by atoms with van der Waals surface area (Å²) in [4.78, 5) is 0. The van der Waals surface area contributed by atoms with Crippen LogP contribution in [0.5, 0.6) is 5.75 Å². The van der Waals surface area contributed by atoms with Gasteiger partial charge in [-0.3, -0.25) is 0 Å². The Hall–Kier alpha value is -0.610. The molecule has 0 aliphatic heterocycles. The third-order valence-electron chi connectivity index (χ3n) is 2.33. The molecule has 0 aliphatic carbocycles. The summed E-state index contributed by atoms with van der Waals surface area (Å²) in [6.07, 6.45) is 0. The predicted molar refractivity (Wildman–Crippen MR) is 60.8 cm³/mol. The van der Waals surface area contributed by atoms with Gasteiger partial charge in [0.1, 0.15) is 11.6 Å². The van der Waals surface area contributed by atoms with Gasteiger partial charge in [0.2, 0.25) is 0 Å². The minimum Gasteiger partial charge on any atom is -0.495 e. The van der Waals surface area contributed by atoms with E-state index < -0.39 is 5.41 Å². The van der Waals surface area contributed by atoms with Gasteiger partial charge in [-0.05, 0) is 28.1 Å². The molecule has 0 fully saturated rings. The van der Waals surface area contributed by atoms with Crippen molar-refractivity contribution in [3.05, 3.63) is 28.0 Å². The SMILES string of the molecule is COc1c(Br)ccc(F)c1C(C)(C)CO. The van der Waals surface area contributed by atoms with E-state index in [9.17, 15) is 9.50 Å². The fourth-order valence-corrected chi connectivity index (χ4v) is 1.93. The lowest BCUT2D eigenvalue weighted by Gasteiger charge is -2.25. The van der Waals surface area contributed by atoms with Gasteiger partial charge in [0.15, 0.2) is 0 Å². The van der Waals surface area contributed by atoms with Gasteiger partial charge in [-0.15, -0.1) is 0 Å². The van der Waals surface area contributed by atoms with Crippen molar-refractivity contribution in [3.63, 3.8) is 0 Å². The summed E-state index contributed by atoms with van der Waals surface area (Å²) in [5.41, 5.74) is -0.277. The van der Waals surface area contributed by atoms with Crippen molar-refractivity contribution in [1.82, 2.24) is 0 Å². The molecule has 0 heterocycles. The van der Waals surface area contributed by atoms with E-state index in [0.29, 0.717) is 15.8 Å². The van der Waals surface area contributed by atoms with E-state index in [4.69, 9.17) is 4.74 Å². The maximum Gasteiger partial charge on any atom is 0.139 e. The number of benzene rings is 1. The van der Waals surface area contributed by atoms with Crippen LogP contribution >= 0.6 is 15.9 Å². The van der Waals surface area contributed by atoms with Crippen LogP contribution in [0.15, 0.2) is 16.6 Å². The Balaban J connectivity index is 3.44. The Kier molecular flexibility index (Phi) is 3.73. The second-order valence-electron chi connectivity index (χ2n) is 3.98. The average Bonchev–Trinajstić information content (AvgIpc) is 2.20. The fourth-order valence-electron chi connectivity index (χ4n) is 1.44. The van der Waals surface area contributed by atoms with Crippen molar-refractivity contribution in [1.29, 1.82) is 0 Å². The van der Waals surface area contributed by atoms with Crippen LogP contribution in [0.2, 0.25) is 0 Å². The van der Waals surface area contributed by atoms with Crippen molar-refractivity contribution in [2.24, 2.45) is 0 Å². The van der Waals surface area contributed by atoms with Gasteiger partial charge in [-0.2, -0.15) is 0 Å². The second kappa shape index (κ2) is 4.49. The first-order valence-corrected chi connectivity index (χ1v) is 5.36. The van der Waals surface area contributed by atoms with Crippen LogP contribution in [0.3, 0.4) is 0 Å². The quantitative estimate of drug-likeness (QED) is 0.920. The molecule has 0 saturated carbocycles. The molecule has 0 aliphatic rings. The molecule has 1 aromatic carbocycles. The Labute approximate surface area is 97.2 Å². The molecule has 0 amide bonds. The highest BCUT2D eigenvalue weighted by Crippen LogP contribution is 2.38. The lowest BCUT2D eigenvalue weighted by atomic mass is 9.84.